The van der Waals surface area contributed by atoms with Crippen LogP contribution in [-0.2, 0) is 9.59 Å². The van der Waals surface area contributed by atoms with E-state index < -0.39 is 6.04 Å². The quantitative estimate of drug-likeness (QED) is 0.589. The fourth-order valence-corrected chi connectivity index (χ4v) is 4.46. The fraction of sp³-hybridized carbons (Fsp3) is 0.240. The Morgan fingerprint density at radius 2 is 1.88 bits per heavy atom. The van der Waals surface area contributed by atoms with Gasteiger partial charge in [-0.15, -0.1) is 0 Å². The van der Waals surface area contributed by atoms with Gasteiger partial charge in [0.15, 0.2) is 11.5 Å². The minimum Gasteiger partial charge on any atom is -0.493 e. The van der Waals surface area contributed by atoms with Gasteiger partial charge in [0.2, 0.25) is 5.91 Å². The van der Waals surface area contributed by atoms with Gasteiger partial charge in [0.1, 0.15) is 18.9 Å². The number of hydrogen-bond acceptors (Lipinski definition) is 7. The van der Waals surface area contributed by atoms with Gasteiger partial charge in [-0.1, -0.05) is 42.5 Å². The molecular formula is C25H25N5O4. The SMILES string of the molecule is COc1ccc(NC(=O)CN2N=CN3NC(c4cccc5ccccc45)CC3C2=O)cc1OC. The van der Waals surface area contributed by atoms with E-state index in [1.54, 1.807) is 36.7 Å². The Morgan fingerprint density at radius 1 is 1.09 bits per heavy atom. The lowest BCUT2D eigenvalue weighted by molar-refractivity contribution is -0.139. The number of amides is 2. The van der Waals surface area contributed by atoms with E-state index in [1.807, 2.05) is 18.2 Å². The summed E-state index contributed by atoms with van der Waals surface area (Å²) < 4.78 is 10.5. The van der Waals surface area contributed by atoms with E-state index in [-0.39, 0.29) is 24.4 Å². The molecule has 1 fully saturated rings. The molecule has 0 saturated carbocycles. The molecule has 2 unspecified atom stereocenters. The van der Waals surface area contributed by atoms with E-state index in [2.05, 4.69) is 40.1 Å². The highest BCUT2D eigenvalue weighted by Gasteiger charge is 2.41. The first-order valence-electron chi connectivity index (χ1n) is 11.0. The number of anilines is 1. The maximum Gasteiger partial charge on any atom is 0.267 e. The zero-order valence-corrected chi connectivity index (χ0v) is 18.9. The Hall–Kier alpha value is -4.11. The number of nitrogens with one attached hydrogen (secondary N) is 2. The molecular weight excluding hydrogens is 434 g/mol. The molecule has 3 aromatic rings. The first-order valence-corrected chi connectivity index (χ1v) is 11.0. The molecule has 0 aliphatic carbocycles. The van der Waals surface area contributed by atoms with E-state index in [0.717, 1.165) is 16.3 Å². The van der Waals surface area contributed by atoms with Gasteiger partial charge in [-0.05, 0) is 34.9 Å². The first-order chi connectivity index (χ1) is 16.6. The molecule has 0 aromatic heterocycles. The Morgan fingerprint density at radius 3 is 2.71 bits per heavy atom. The van der Waals surface area contributed by atoms with E-state index in [1.165, 1.54) is 12.1 Å². The van der Waals surface area contributed by atoms with E-state index >= 15 is 0 Å². The summed E-state index contributed by atoms with van der Waals surface area (Å²) in [4.78, 5) is 25.8. The molecule has 174 valence electrons. The van der Waals surface area contributed by atoms with E-state index in [4.69, 9.17) is 9.47 Å². The standard InChI is InChI=1S/C25H25N5O4/c1-33-22-11-10-17(12-23(22)34-2)27-24(31)14-29-25(32)21-13-20(28-30(21)15-26-29)19-9-5-7-16-6-3-4-8-18(16)19/h3-12,15,20-21,28H,13-14H2,1-2H3,(H,27,31). The maximum atomic E-state index is 13.1. The molecule has 34 heavy (non-hydrogen) atoms. The van der Waals surface area contributed by atoms with Crippen LogP contribution in [0.5, 0.6) is 11.5 Å². The zero-order chi connectivity index (χ0) is 23.7. The smallest absolute Gasteiger partial charge is 0.267 e. The van der Waals surface area contributed by atoms with Crippen molar-refractivity contribution in [3.63, 3.8) is 0 Å². The van der Waals surface area contributed by atoms with Crippen molar-refractivity contribution in [1.29, 1.82) is 0 Å². The number of nitrogens with zero attached hydrogens (tertiary/aromatic N) is 3. The van der Waals surface area contributed by atoms with Crippen LogP contribution < -0.4 is 20.2 Å². The molecule has 9 nitrogen and oxygen atoms in total. The fourth-order valence-electron chi connectivity index (χ4n) is 4.46. The summed E-state index contributed by atoms with van der Waals surface area (Å²) in [7, 11) is 3.07. The van der Waals surface area contributed by atoms with Crippen molar-refractivity contribution in [3.8, 4) is 11.5 Å². The van der Waals surface area contributed by atoms with Gasteiger partial charge in [-0.25, -0.2) is 10.4 Å². The van der Waals surface area contributed by atoms with Crippen molar-refractivity contribution in [2.75, 3.05) is 26.1 Å². The normalized spacial score (nSPS) is 19.3. The second-order valence-electron chi connectivity index (χ2n) is 8.15. The molecule has 0 radical (unpaired) electrons. The third-order valence-electron chi connectivity index (χ3n) is 6.11. The van der Waals surface area contributed by atoms with Crippen LogP contribution in [0.2, 0.25) is 0 Å². The molecule has 9 heteroatoms. The van der Waals surface area contributed by atoms with Crippen molar-refractivity contribution in [3.05, 3.63) is 66.2 Å². The van der Waals surface area contributed by atoms with Crippen molar-refractivity contribution in [2.24, 2.45) is 5.10 Å². The number of hydrazine groups is 1. The van der Waals surface area contributed by atoms with Gasteiger partial charge in [-0.3, -0.25) is 14.6 Å². The maximum absolute atomic E-state index is 13.1. The number of hydrogen-bond donors (Lipinski definition) is 2. The average molecular weight is 460 g/mol. The summed E-state index contributed by atoms with van der Waals surface area (Å²) in [6.45, 7) is -0.188. The number of hydrazone groups is 1. The van der Waals surface area contributed by atoms with Crippen LogP contribution >= 0.6 is 0 Å². The monoisotopic (exact) mass is 459 g/mol. The number of methoxy groups -OCH3 is 2. The highest BCUT2D eigenvalue weighted by Crippen LogP contribution is 2.33. The van der Waals surface area contributed by atoms with Gasteiger partial charge in [0, 0.05) is 11.8 Å². The molecule has 1 saturated heterocycles. The van der Waals surface area contributed by atoms with Crippen LogP contribution in [-0.4, -0.2) is 55.0 Å². The van der Waals surface area contributed by atoms with Gasteiger partial charge in [-0.2, -0.15) is 5.10 Å². The van der Waals surface area contributed by atoms with Gasteiger partial charge < -0.3 is 14.8 Å². The van der Waals surface area contributed by atoms with E-state index in [9.17, 15) is 9.59 Å². The topological polar surface area (TPSA) is 95.5 Å². The highest BCUT2D eigenvalue weighted by molar-refractivity contribution is 5.97. The molecule has 0 bridgehead atoms. The molecule has 2 aliphatic heterocycles. The van der Waals surface area contributed by atoms with Crippen molar-refractivity contribution in [2.45, 2.75) is 18.5 Å². The molecule has 5 rings (SSSR count). The number of fused-ring (bicyclic) bond motifs is 2. The van der Waals surface area contributed by atoms with E-state index in [0.29, 0.717) is 23.6 Å². The van der Waals surface area contributed by atoms with Crippen molar-refractivity contribution < 1.29 is 19.1 Å². The largest absolute Gasteiger partial charge is 0.493 e. The minimum absolute atomic E-state index is 0.0351. The molecule has 3 aromatic carbocycles. The Balaban J connectivity index is 1.26. The molecule has 2 heterocycles. The summed E-state index contributed by atoms with van der Waals surface area (Å²) in [6.07, 6.45) is 2.15. The molecule has 2 amide bonds. The summed E-state index contributed by atoms with van der Waals surface area (Å²) in [5.74, 6) is 0.480. The van der Waals surface area contributed by atoms with Gasteiger partial charge in [0.25, 0.3) is 5.91 Å². The third-order valence-corrected chi connectivity index (χ3v) is 6.11. The predicted molar refractivity (Wildman–Crippen MR) is 128 cm³/mol. The molecule has 2 atom stereocenters. The minimum atomic E-state index is -0.435. The predicted octanol–water partition coefficient (Wildman–Crippen LogP) is 2.90. The number of ether oxygens (including phenoxy) is 2. The number of benzene rings is 3. The number of carbonyl (C=O) groups is 2. The summed E-state index contributed by atoms with van der Waals surface area (Å²) in [5, 5.41) is 12.2. The number of carbonyl (C=O) groups excluding carboxylic acids is 2. The summed E-state index contributed by atoms with van der Waals surface area (Å²) in [6, 6.07) is 19.0. The van der Waals surface area contributed by atoms with Crippen LogP contribution in [0.15, 0.2) is 65.8 Å². The second-order valence-corrected chi connectivity index (χ2v) is 8.15. The van der Waals surface area contributed by atoms with Crippen molar-refractivity contribution in [1.82, 2.24) is 15.4 Å². The lowest BCUT2D eigenvalue weighted by Crippen LogP contribution is -2.52. The Kier molecular flexibility index (Phi) is 5.77. The lowest BCUT2D eigenvalue weighted by Gasteiger charge is -2.29. The first kappa shape index (κ1) is 21.7. The van der Waals surface area contributed by atoms with Crippen LogP contribution in [0.4, 0.5) is 5.69 Å². The summed E-state index contributed by atoms with van der Waals surface area (Å²) >= 11 is 0. The zero-order valence-electron chi connectivity index (χ0n) is 18.9. The Labute approximate surface area is 196 Å². The number of rotatable bonds is 6. The van der Waals surface area contributed by atoms with Crippen LogP contribution in [0.1, 0.15) is 18.0 Å². The van der Waals surface area contributed by atoms with Crippen LogP contribution in [0.3, 0.4) is 0 Å². The second kappa shape index (κ2) is 9.03. The molecule has 0 spiro atoms. The van der Waals surface area contributed by atoms with Gasteiger partial charge in [0.05, 0.1) is 20.3 Å². The van der Waals surface area contributed by atoms with Crippen LogP contribution in [0, 0.1) is 0 Å². The van der Waals surface area contributed by atoms with Crippen LogP contribution in [0.25, 0.3) is 10.8 Å². The Bertz CT molecular complexity index is 1270. The third kappa shape index (κ3) is 4.01. The molecule has 2 aliphatic rings. The highest BCUT2D eigenvalue weighted by atomic mass is 16.5. The summed E-state index contributed by atoms with van der Waals surface area (Å²) in [5.41, 5.74) is 5.05. The van der Waals surface area contributed by atoms with Gasteiger partial charge >= 0.3 is 0 Å². The van der Waals surface area contributed by atoms with Crippen molar-refractivity contribution >= 4 is 34.6 Å². The average Bonchev–Trinajstić information content (AvgIpc) is 3.30. The lowest BCUT2D eigenvalue weighted by atomic mass is 9.96. The molecule has 2 N–H and O–H groups in total.